The third-order valence-corrected chi connectivity index (χ3v) is 4.44. The Kier molecular flexibility index (Phi) is 4.90. The highest BCUT2D eigenvalue weighted by Gasteiger charge is 2.27. The molecule has 0 radical (unpaired) electrons. The number of carbonyl (C=O) groups is 1. The molecule has 23 heavy (non-hydrogen) atoms. The second-order valence-corrected chi connectivity index (χ2v) is 5.98. The Bertz CT molecular complexity index is 565. The highest BCUT2D eigenvalue weighted by Crippen LogP contribution is 2.27. The molecule has 2 aliphatic heterocycles. The topological polar surface area (TPSA) is 84.6 Å². The number of amides is 1. The molecule has 2 fully saturated rings. The third-order valence-electron chi connectivity index (χ3n) is 4.44. The van der Waals surface area contributed by atoms with E-state index in [-0.39, 0.29) is 17.6 Å². The van der Waals surface area contributed by atoms with E-state index < -0.39 is 5.82 Å². The van der Waals surface area contributed by atoms with E-state index in [4.69, 9.17) is 10.5 Å². The van der Waals surface area contributed by atoms with E-state index in [1.165, 1.54) is 6.33 Å². The number of carbonyl (C=O) groups excluding carboxylic acids is 1. The van der Waals surface area contributed by atoms with Crippen LogP contribution in [-0.2, 0) is 9.53 Å². The fourth-order valence-corrected chi connectivity index (χ4v) is 3.13. The average Bonchev–Trinajstić information content (AvgIpc) is 2.82. The Hall–Kier alpha value is -1.96. The van der Waals surface area contributed by atoms with E-state index in [2.05, 4.69) is 9.97 Å². The zero-order chi connectivity index (χ0) is 16.2. The van der Waals surface area contributed by atoms with Gasteiger partial charge in [-0.3, -0.25) is 4.79 Å². The molecule has 1 amide bonds. The number of hydrogen-bond donors (Lipinski definition) is 1. The monoisotopic (exact) mass is 323 g/mol. The van der Waals surface area contributed by atoms with Gasteiger partial charge in [-0.2, -0.15) is 4.39 Å². The number of hydrogen-bond acceptors (Lipinski definition) is 6. The molecular weight excluding hydrogens is 301 g/mol. The summed E-state index contributed by atoms with van der Waals surface area (Å²) in [5.74, 6) is -0.467. The van der Waals surface area contributed by atoms with Gasteiger partial charge in [-0.15, -0.1) is 0 Å². The molecular formula is C15H22FN5O2. The number of primary amides is 1. The molecule has 8 heteroatoms. The Morgan fingerprint density at radius 2 is 1.87 bits per heavy atom. The van der Waals surface area contributed by atoms with Gasteiger partial charge in [-0.05, 0) is 12.8 Å². The van der Waals surface area contributed by atoms with Crippen LogP contribution in [0.3, 0.4) is 0 Å². The highest BCUT2D eigenvalue weighted by molar-refractivity contribution is 5.77. The molecule has 2 saturated heterocycles. The SMILES string of the molecule is NC(=O)C1CCCCN(c2ncnc(N3CCOCC3)c2F)C1. The van der Waals surface area contributed by atoms with Crippen molar-refractivity contribution >= 4 is 17.5 Å². The lowest BCUT2D eigenvalue weighted by Crippen LogP contribution is -2.39. The summed E-state index contributed by atoms with van der Waals surface area (Å²) in [5, 5.41) is 0. The number of ether oxygens (including phenoxy) is 1. The van der Waals surface area contributed by atoms with Crippen molar-refractivity contribution in [3.8, 4) is 0 Å². The number of aromatic nitrogens is 2. The fourth-order valence-electron chi connectivity index (χ4n) is 3.13. The molecule has 0 aliphatic carbocycles. The van der Waals surface area contributed by atoms with Crippen LogP contribution in [0, 0.1) is 11.7 Å². The molecule has 1 aromatic heterocycles. The van der Waals surface area contributed by atoms with Crippen LogP contribution in [0.25, 0.3) is 0 Å². The van der Waals surface area contributed by atoms with Gasteiger partial charge in [0, 0.05) is 26.2 Å². The van der Waals surface area contributed by atoms with Crippen molar-refractivity contribution < 1.29 is 13.9 Å². The summed E-state index contributed by atoms with van der Waals surface area (Å²) >= 11 is 0. The van der Waals surface area contributed by atoms with Gasteiger partial charge in [0.2, 0.25) is 11.7 Å². The van der Waals surface area contributed by atoms with Gasteiger partial charge in [0.1, 0.15) is 6.33 Å². The van der Waals surface area contributed by atoms with E-state index in [1.54, 1.807) is 0 Å². The van der Waals surface area contributed by atoms with Crippen LogP contribution in [0.2, 0.25) is 0 Å². The van der Waals surface area contributed by atoms with Gasteiger partial charge in [0.25, 0.3) is 0 Å². The molecule has 126 valence electrons. The smallest absolute Gasteiger partial charge is 0.222 e. The van der Waals surface area contributed by atoms with Gasteiger partial charge >= 0.3 is 0 Å². The molecule has 7 nitrogen and oxygen atoms in total. The maximum Gasteiger partial charge on any atom is 0.222 e. The number of morpholine rings is 1. The summed E-state index contributed by atoms with van der Waals surface area (Å²) in [6, 6.07) is 0. The quantitative estimate of drug-likeness (QED) is 0.874. The first-order chi connectivity index (χ1) is 11.2. The molecule has 0 aromatic carbocycles. The number of anilines is 2. The molecule has 1 atom stereocenters. The molecule has 3 rings (SSSR count). The number of nitrogens with two attached hydrogens (primary N) is 1. The molecule has 1 aromatic rings. The van der Waals surface area contributed by atoms with E-state index in [0.29, 0.717) is 45.2 Å². The molecule has 0 bridgehead atoms. The van der Waals surface area contributed by atoms with Crippen molar-refractivity contribution in [3.05, 3.63) is 12.1 Å². The molecule has 2 N–H and O–H groups in total. The van der Waals surface area contributed by atoms with Crippen LogP contribution in [-0.4, -0.2) is 55.3 Å². The molecule has 2 aliphatic rings. The Balaban J connectivity index is 1.85. The van der Waals surface area contributed by atoms with Crippen molar-refractivity contribution in [2.75, 3.05) is 49.2 Å². The lowest BCUT2D eigenvalue weighted by Gasteiger charge is -2.30. The summed E-state index contributed by atoms with van der Waals surface area (Å²) in [6.07, 6.45) is 3.93. The Morgan fingerprint density at radius 3 is 2.57 bits per heavy atom. The van der Waals surface area contributed by atoms with Gasteiger partial charge in [-0.25, -0.2) is 9.97 Å². The fraction of sp³-hybridized carbons (Fsp3) is 0.667. The van der Waals surface area contributed by atoms with Crippen LogP contribution >= 0.6 is 0 Å². The molecule has 3 heterocycles. The average molecular weight is 323 g/mol. The van der Waals surface area contributed by atoms with Gasteiger partial charge in [-0.1, -0.05) is 6.42 Å². The summed E-state index contributed by atoms with van der Waals surface area (Å²) in [5.41, 5.74) is 5.45. The van der Waals surface area contributed by atoms with Crippen molar-refractivity contribution in [2.24, 2.45) is 11.7 Å². The predicted molar refractivity (Wildman–Crippen MR) is 83.8 cm³/mol. The van der Waals surface area contributed by atoms with Crippen molar-refractivity contribution in [1.82, 2.24) is 9.97 Å². The van der Waals surface area contributed by atoms with Crippen molar-refractivity contribution in [2.45, 2.75) is 19.3 Å². The standard InChI is InChI=1S/C15H22FN5O2/c16-12-14(20-5-7-23-8-6-20)18-10-19-15(12)21-4-2-1-3-11(9-21)13(17)22/h10-11H,1-9H2,(H2,17,22). The molecule has 0 saturated carbocycles. The number of rotatable bonds is 3. The molecule has 1 unspecified atom stereocenters. The maximum atomic E-state index is 14.9. The first kappa shape index (κ1) is 15.9. The van der Waals surface area contributed by atoms with Gasteiger partial charge < -0.3 is 20.3 Å². The van der Waals surface area contributed by atoms with Crippen molar-refractivity contribution in [1.29, 1.82) is 0 Å². The summed E-state index contributed by atoms with van der Waals surface area (Å²) in [4.78, 5) is 23.4. The van der Waals surface area contributed by atoms with E-state index in [0.717, 1.165) is 19.3 Å². The second kappa shape index (κ2) is 7.08. The molecule has 0 spiro atoms. The Labute approximate surface area is 134 Å². The predicted octanol–water partition coefficient (Wildman–Crippen LogP) is 0.544. The second-order valence-electron chi connectivity index (χ2n) is 5.98. The normalized spacial score (nSPS) is 22.7. The van der Waals surface area contributed by atoms with E-state index >= 15 is 0 Å². The maximum absolute atomic E-state index is 14.9. The van der Waals surface area contributed by atoms with Crippen LogP contribution in [0.15, 0.2) is 6.33 Å². The van der Waals surface area contributed by atoms with Crippen molar-refractivity contribution in [3.63, 3.8) is 0 Å². The summed E-state index contributed by atoms with van der Waals surface area (Å²) in [7, 11) is 0. The Morgan fingerprint density at radius 1 is 1.17 bits per heavy atom. The van der Waals surface area contributed by atoms with E-state index in [1.807, 2.05) is 9.80 Å². The summed E-state index contributed by atoms with van der Waals surface area (Å²) < 4.78 is 20.2. The van der Waals surface area contributed by atoms with Gasteiger partial charge in [0.15, 0.2) is 11.6 Å². The lowest BCUT2D eigenvalue weighted by atomic mass is 10.0. The number of halogens is 1. The number of nitrogens with zero attached hydrogens (tertiary/aromatic N) is 4. The third kappa shape index (κ3) is 3.52. The minimum Gasteiger partial charge on any atom is -0.378 e. The van der Waals surface area contributed by atoms with Crippen LogP contribution in [0.5, 0.6) is 0 Å². The first-order valence-corrected chi connectivity index (χ1v) is 8.04. The van der Waals surface area contributed by atoms with Crippen LogP contribution in [0.1, 0.15) is 19.3 Å². The van der Waals surface area contributed by atoms with E-state index in [9.17, 15) is 9.18 Å². The largest absolute Gasteiger partial charge is 0.378 e. The highest BCUT2D eigenvalue weighted by atomic mass is 19.1. The first-order valence-electron chi connectivity index (χ1n) is 8.04. The minimum atomic E-state index is -0.431. The zero-order valence-electron chi connectivity index (χ0n) is 13.1. The zero-order valence-corrected chi connectivity index (χ0v) is 13.1. The van der Waals surface area contributed by atoms with Gasteiger partial charge in [0.05, 0.1) is 19.1 Å². The van der Waals surface area contributed by atoms with Crippen LogP contribution < -0.4 is 15.5 Å². The van der Waals surface area contributed by atoms with Crippen LogP contribution in [0.4, 0.5) is 16.0 Å². The lowest BCUT2D eigenvalue weighted by molar-refractivity contribution is -0.121. The summed E-state index contributed by atoms with van der Waals surface area (Å²) in [6.45, 7) is 3.42. The minimum absolute atomic E-state index is 0.259.